The second-order valence-corrected chi connectivity index (χ2v) is 7.22. The molecule has 4 heteroatoms. The molecule has 2 rings (SSSR count). The molecule has 0 aliphatic heterocycles. The molecule has 0 bridgehead atoms. The first-order valence-electron chi connectivity index (χ1n) is 5.81. The summed E-state index contributed by atoms with van der Waals surface area (Å²) < 4.78 is 1.11. The van der Waals surface area contributed by atoms with Crippen molar-refractivity contribution in [2.75, 3.05) is 0 Å². The Morgan fingerprint density at radius 1 is 1.05 bits per heavy atom. The van der Waals surface area contributed by atoms with Crippen LogP contribution in [0.4, 0.5) is 0 Å². The molecule has 1 unspecified atom stereocenters. The molecule has 0 aromatic heterocycles. The molecule has 0 saturated carbocycles. The molecule has 0 amide bonds. The van der Waals surface area contributed by atoms with E-state index in [9.17, 15) is 0 Å². The molecule has 0 spiro atoms. The van der Waals surface area contributed by atoms with Gasteiger partial charge in [-0.15, -0.1) is 0 Å². The number of hydrogen-bond acceptors (Lipinski definition) is 0. The van der Waals surface area contributed by atoms with Gasteiger partial charge in [0.25, 0.3) is 0 Å². The van der Waals surface area contributed by atoms with Crippen LogP contribution < -0.4 is 0 Å². The first-order valence-corrected chi connectivity index (χ1v) is 8.28. The Kier molecular flexibility index (Phi) is 5.36. The Bertz CT molecular complexity index is 597. The van der Waals surface area contributed by atoms with Crippen LogP contribution in [0.5, 0.6) is 0 Å². The monoisotopic (exact) mass is 420 g/mol. The van der Waals surface area contributed by atoms with Crippen molar-refractivity contribution in [3.8, 4) is 0 Å². The van der Waals surface area contributed by atoms with E-state index in [1.165, 1.54) is 11.1 Å². The highest BCUT2D eigenvalue weighted by Crippen LogP contribution is 2.34. The van der Waals surface area contributed by atoms with Gasteiger partial charge in [-0.05, 0) is 42.7 Å². The molecular weight excluding hydrogens is 411 g/mol. The number of alkyl halides is 1. The SMILES string of the molecule is Cc1ccc(Br)c(C(Br)Cc2ccc(Cl)c(Cl)c2)c1. The van der Waals surface area contributed by atoms with Gasteiger partial charge in [-0.25, -0.2) is 0 Å². The highest BCUT2D eigenvalue weighted by molar-refractivity contribution is 9.11. The van der Waals surface area contributed by atoms with Gasteiger partial charge in [0, 0.05) is 9.30 Å². The molecule has 2 aromatic carbocycles. The van der Waals surface area contributed by atoms with Gasteiger partial charge in [-0.1, -0.05) is 78.8 Å². The lowest BCUT2D eigenvalue weighted by Gasteiger charge is -2.13. The maximum Gasteiger partial charge on any atom is 0.0595 e. The Hall–Kier alpha value is -0.0200. The summed E-state index contributed by atoms with van der Waals surface area (Å²) >= 11 is 19.3. The maximum atomic E-state index is 6.04. The van der Waals surface area contributed by atoms with E-state index < -0.39 is 0 Å². The second-order valence-electron chi connectivity index (χ2n) is 4.45. The lowest BCUT2D eigenvalue weighted by molar-refractivity contribution is 0.941. The van der Waals surface area contributed by atoms with E-state index >= 15 is 0 Å². The molecule has 2 aromatic rings. The zero-order chi connectivity index (χ0) is 14.0. The molecule has 0 nitrogen and oxygen atoms in total. The fourth-order valence-corrected chi connectivity index (χ4v) is 3.79. The van der Waals surface area contributed by atoms with Crippen molar-refractivity contribution in [1.29, 1.82) is 0 Å². The van der Waals surface area contributed by atoms with Gasteiger partial charge in [0.2, 0.25) is 0 Å². The molecule has 0 radical (unpaired) electrons. The molecular formula is C15H12Br2Cl2. The molecule has 19 heavy (non-hydrogen) atoms. The maximum absolute atomic E-state index is 6.04. The van der Waals surface area contributed by atoms with Crippen molar-refractivity contribution < 1.29 is 0 Å². The van der Waals surface area contributed by atoms with Crippen molar-refractivity contribution in [3.63, 3.8) is 0 Å². The highest BCUT2D eigenvalue weighted by atomic mass is 79.9. The Labute approximate surface area is 140 Å². The van der Waals surface area contributed by atoms with E-state index in [1.807, 2.05) is 18.2 Å². The average Bonchev–Trinajstić information content (AvgIpc) is 2.36. The molecule has 0 N–H and O–H groups in total. The second kappa shape index (κ2) is 6.62. The van der Waals surface area contributed by atoms with E-state index in [-0.39, 0.29) is 4.83 Å². The minimum absolute atomic E-state index is 0.235. The summed E-state index contributed by atoms with van der Waals surface area (Å²) in [5, 5.41) is 1.19. The van der Waals surface area contributed by atoms with E-state index in [4.69, 9.17) is 23.2 Å². The predicted octanol–water partition coefficient (Wildman–Crippen LogP) is 6.74. The molecule has 0 saturated heterocycles. The number of benzene rings is 2. The number of rotatable bonds is 3. The van der Waals surface area contributed by atoms with Gasteiger partial charge in [-0.2, -0.15) is 0 Å². The third-order valence-electron chi connectivity index (χ3n) is 2.89. The summed E-state index contributed by atoms with van der Waals surface area (Å²) in [7, 11) is 0. The Balaban J connectivity index is 2.22. The Morgan fingerprint density at radius 2 is 1.79 bits per heavy atom. The van der Waals surface area contributed by atoms with E-state index in [0.717, 1.165) is 16.5 Å². The first-order chi connectivity index (χ1) is 8.97. The van der Waals surface area contributed by atoms with Gasteiger partial charge in [0.15, 0.2) is 0 Å². The summed E-state index contributed by atoms with van der Waals surface area (Å²) in [6.45, 7) is 2.09. The largest absolute Gasteiger partial charge is 0.0835 e. The van der Waals surface area contributed by atoms with E-state index in [2.05, 4.69) is 57.0 Å². The van der Waals surface area contributed by atoms with Crippen molar-refractivity contribution >= 4 is 55.1 Å². The molecule has 100 valence electrons. The van der Waals surface area contributed by atoms with Gasteiger partial charge < -0.3 is 0 Å². The number of aryl methyl sites for hydroxylation is 1. The molecule has 0 heterocycles. The zero-order valence-corrected chi connectivity index (χ0v) is 14.9. The quantitative estimate of drug-likeness (QED) is 0.480. The van der Waals surface area contributed by atoms with Crippen LogP contribution in [0, 0.1) is 6.92 Å². The summed E-state index contributed by atoms with van der Waals surface area (Å²) in [6, 6.07) is 12.1. The number of hydrogen-bond donors (Lipinski definition) is 0. The van der Waals surface area contributed by atoms with Crippen LogP contribution >= 0.6 is 55.1 Å². The summed E-state index contributed by atoms with van der Waals surface area (Å²) in [5.74, 6) is 0. The summed E-state index contributed by atoms with van der Waals surface area (Å²) in [4.78, 5) is 0.235. The van der Waals surface area contributed by atoms with E-state index in [0.29, 0.717) is 10.0 Å². The van der Waals surface area contributed by atoms with Crippen LogP contribution in [0.25, 0.3) is 0 Å². The Morgan fingerprint density at radius 3 is 2.47 bits per heavy atom. The lowest BCUT2D eigenvalue weighted by Crippen LogP contribution is -1.97. The van der Waals surface area contributed by atoms with Gasteiger partial charge in [-0.3, -0.25) is 0 Å². The van der Waals surface area contributed by atoms with Crippen LogP contribution in [0.3, 0.4) is 0 Å². The third kappa shape index (κ3) is 3.98. The van der Waals surface area contributed by atoms with Crippen LogP contribution in [-0.4, -0.2) is 0 Å². The number of halogens is 4. The molecule has 1 atom stereocenters. The highest BCUT2D eigenvalue weighted by Gasteiger charge is 2.13. The smallest absolute Gasteiger partial charge is 0.0595 e. The minimum atomic E-state index is 0.235. The van der Waals surface area contributed by atoms with Crippen molar-refractivity contribution in [2.45, 2.75) is 18.2 Å². The fraction of sp³-hybridized carbons (Fsp3) is 0.200. The van der Waals surface area contributed by atoms with Crippen molar-refractivity contribution in [2.24, 2.45) is 0 Å². The van der Waals surface area contributed by atoms with Gasteiger partial charge >= 0.3 is 0 Å². The topological polar surface area (TPSA) is 0 Å². The van der Waals surface area contributed by atoms with Gasteiger partial charge in [0.05, 0.1) is 10.0 Å². The average molecular weight is 423 g/mol. The molecule has 0 aliphatic rings. The van der Waals surface area contributed by atoms with E-state index in [1.54, 1.807) is 0 Å². The summed E-state index contributed by atoms with van der Waals surface area (Å²) in [5.41, 5.74) is 3.65. The van der Waals surface area contributed by atoms with Crippen molar-refractivity contribution in [3.05, 3.63) is 67.6 Å². The molecule has 0 aliphatic carbocycles. The third-order valence-corrected chi connectivity index (χ3v) is 5.17. The van der Waals surface area contributed by atoms with Crippen molar-refractivity contribution in [1.82, 2.24) is 0 Å². The van der Waals surface area contributed by atoms with Crippen LogP contribution in [-0.2, 0) is 6.42 Å². The minimum Gasteiger partial charge on any atom is -0.0835 e. The van der Waals surface area contributed by atoms with Gasteiger partial charge in [0.1, 0.15) is 0 Å². The van der Waals surface area contributed by atoms with Crippen LogP contribution in [0.15, 0.2) is 40.9 Å². The zero-order valence-electron chi connectivity index (χ0n) is 10.3. The standard InChI is InChI=1S/C15H12Br2Cl2/c1-9-2-4-12(16)11(6-9)13(17)7-10-3-5-14(18)15(19)8-10/h2-6,8,13H,7H2,1H3. The lowest BCUT2D eigenvalue weighted by atomic mass is 10.0. The normalized spacial score (nSPS) is 12.5. The van der Waals surface area contributed by atoms with Crippen LogP contribution in [0.2, 0.25) is 10.0 Å². The fourth-order valence-electron chi connectivity index (χ4n) is 1.89. The molecule has 0 fully saturated rings. The summed E-state index contributed by atoms with van der Waals surface area (Å²) in [6.07, 6.45) is 0.860. The predicted molar refractivity (Wildman–Crippen MR) is 90.7 cm³/mol. The van der Waals surface area contributed by atoms with Crippen LogP contribution in [0.1, 0.15) is 21.5 Å². The first kappa shape index (κ1) is 15.4.